The molecule has 0 unspecified atom stereocenters. The Bertz CT molecular complexity index is 1020. The van der Waals surface area contributed by atoms with Crippen LogP contribution in [0.25, 0.3) is 11.0 Å². The van der Waals surface area contributed by atoms with Crippen molar-refractivity contribution in [3.05, 3.63) is 47.4 Å². The molecule has 0 saturated heterocycles. The van der Waals surface area contributed by atoms with Crippen LogP contribution in [0.15, 0.2) is 24.7 Å². The topological polar surface area (TPSA) is 83.6 Å². The molecule has 0 radical (unpaired) electrons. The average molecular weight is 395 g/mol. The van der Waals surface area contributed by atoms with E-state index in [0.29, 0.717) is 28.3 Å². The number of carbonyl (C=O) groups excluding carboxylic acids is 1. The molecular weight excluding hydrogens is 369 g/mol. The van der Waals surface area contributed by atoms with E-state index in [0.717, 1.165) is 12.1 Å². The summed E-state index contributed by atoms with van der Waals surface area (Å²) in [5.41, 5.74) is 1.56. The molecule has 6 nitrogen and oxygen atoms in total. The van der Waals surface area contributed by atoms with Gasteiger partial charge in [0.05, 0.1) is 16.5 Å². The fourth-order valence-electron chi connectivity index (χ4n) is 4.11. The Kier molecular flexibility index (Phi) is 5.56. The van der Waals surface area contributed by atoms with Crippen LogP contribution in [0, 0.1) is 11.9 Å². The van der Waals surface area contributed by atoms with Crippen molar-refractivity contribution in [3.8, 4) is 0 Å². The Labute approximate surface area is 169 Å². The van der Waals surface area contributed by atoms with Crippen LogP contribution in [-0.2, 0) is 6.42 Å². The normalized spacial score (nSPS) is 15.2. The van der Waals surface area contributed by atoms with Crippen molar-refractivity contribution in [3.63, 3.8) is 0 Å². The number of fused-ring (bicyclic) bond motifs is 1. The first-order chi connectivity index (χ1) is 14.0. The molecule has 1 aliphatic rings. The third kappa shape index (κ3) is 4.13. The summed E-state index contributed by atoms with van der Waals surface area (Å²) in [4.78, 5) is 28.6. The van der Waals surface area contributed by atoms with E-state index in [1.54, 1.807) is 18.3 Å². The number of rotatable bonds is 6. The number of nitrogens with one attached hydrogen (secondary N) is 2. The van der Waals surface area contributed by atoms with E-state index in [9.17, 15) is 9.18 Å². The Morgan fingerprint density at radius 3 is 2.72 bits per heavy atom. The molecule has 0 spiro atoms. The first kappa shape index (κ1) is 19.5. The van der Waals surface area contributed by atoms with E-state index in [1.165, 1.54) is 38.4 Å². The van der Waals surface area contributed by atoms with Gasteiger partial charge in [0.15, 0.2) is 5.78 Å². The van der Waals surface area contributed by atoms with Gasteiger partial charge in [0.2, 0.25) is 5.95 Å². The van der Waals surface area contributed by atoms with Crippen molar-refractivity contribution in [2.24, 2.45) is 5.92 Å². The standard InChI is InChI=1S/C22H26FN5O/c1-13(2)27-22-18-17(11-24-21(18)25-12-26-22)19(29)16-9-8-15(28-20(16)23)10-14-6-4-3-5-7-14/h8-9,11-14H,3-7,10H2,1-2H3,(H2,24,25,26,27). The summed E-state index contributed by atoms with van der Waals surface area (Å²) in [6, 6.07) is 3.47. The molecule has 4 rings (SSSR count). The number of pyridine rings is 1. The molecule has 2 N–H and O–H groups in total. The van der Waals surface area contributed by atoms with Crippen LogP contribution in [-0.4, -0.2) is 31.8 Å². The molecule has 0 atom stereocenters. The van der Waals surface area contributed by atoms with E-state index < -0.39 is 11.7 Å². The molecule has 1 saturated carbocycles. The Morgan fingerprint density at radius 2 is 2.00 bits per heavy atom. The van der Waals surface area contributed by atoms with Gasteiger partial charge in [0, 0.05) is 17.9 Å². The summed E-state index contributed by atoms with van der Waals surface area (Å²) < 4.78 is 14.8. The maximum Gasteiger partial charge on any atom is 0.224 e. The van der Waals surface area contributed by atoms with Crippen molar-refractivity contribution in [1.82, 2.24) is 19.9 Å². The third-order valence-electron chi connectivity index (χ3n) is 5.51. The van der Waals surface area contributed by atoms with Crippen molar-refractivity contribution >= 4 is 22.6 Å². The lowest BCUT2D eigenvalue weighted by Gasteiger charge is -2.21. The van der Waals surface area contributed by atoms with Gasteiger partial charge in [-0.2, -0.15) is 4.39 Å². The summed E-state index contributed by atoms with van der Waals surface area (Å²) >= 11 is 0. The van der Waals surface area contributed by atoms with Crippen molar-refractivity contribution in [2.75, 3.05) is 5.32 Å². The highest BCUT2D eigenvalue weighted by molar-refractivity contribution is 6.18. The van der Waals surface area contributed by atoms with Gasteiger partial charge in [-0.1, -0.05) is 32.1 Å². The highest BCUT2D eigenvalue weighted by atomic mass is 19.1. The molecule has 0 aromatic carbocycles. The minimum absolute atomic E-state index is 0.0300. The lowest BCUT2D eigenvalue weighted by Crippen LogP contribution is -2.13. The predicted molar refractivity (Wildman–Crippen MR) is 111 cm³/mol. The summed E-state index contributed by atoms with van der Waals surface area (Å²) in [6.45, 7) is 3.97. The third-order valence-corrected chi connectivity index (χ3v) is 5.51. The Morgan fingerprint density at radius 1 is 1.21 bits per heavy atom. The second kappa shape index (κ2) is 8.27. The molecule has 0 aliphatic heterocycles. The predicted octanol–water partition coefficient (Wildman–Crippen LogP) is 4.67. The molecule has 3 heterocycles. The van der Waals surface area contributed by atoms with Crippen LogP contribution in [0.4, 0.5) is 10.2 Å². The van der Waals surface area contributed by atoms with Crippen LogP contribution < -0.4 is 5.32 Å². The molecule has 3 aromatic rings. The second-order valence-corrected chi connectivity index (χ2v) is 8.13. The maximum absolute atomic E-state index is 14.8. The van der Waals surface area contributed by atoms with Crippen LogP contribution in [0.2, 0.25) is 0 Å². The molecule has 0 amide bonds. The van der Waals surface area contributed by atoms with Crippen LogP contribution in [0.5, 0.6) is 0 Å². The zero-order chi connectivity index (χ0) is 20.4. The van der Waals surface area contributed by atoms with Gasteiger partial charge in [-0.25, -0.2) is 15.0 Å². The highest BCUT2D eigenvalue weighted by Gasteiger charge is 2.23. The number of H-pyrrole nitrogens is 1. The number of aromatic nitrogens is 4. The zero-order valence-electron chi connectivity index (χ0n) is 16.8. The lowest BCUT2D eigenvalue weighted by atomic mass is 9.86. The van der Waals surface area contributed by atoms with E-state index >= 15 is 0 Å². The quantitative estimate of drug-likeness (QED) is 0.468. The van der Waals surface area contributed by atoms with E-state index in [1.807, 2.05) is 13.8 Å². The number of aromatic amines is 1. The van der Waals surface area contributed by atoms with Gasteiger partial charge in [-0.15, -0.1) is 0 Å². The number of carbonyl (C=O) groups is 1. The van der Waals surface area contributed by atoms with Gasteiger partial charge < -0.3 is 10.3 Å². The zero-order valence-corrected chi connectivity index (χ0v) is 16.8. The van der Waals surface area contributed by atoms with Crippen LogP contribution in [0.3, 0.4) is 0 Å². The minimum Gasteiger partial charge on any atom is -0.367 e. The van der Waals surface area contributed by atoms with E-state index in [2.05, 4.69) is 25.3 Å². The Balaban J connectivity index is 1.62. The number of halogens is 1. The smallest absolute Gasteiger partial charge is 0.224 e. The van der Waals surface area contributed by atoms with Gasteiger partial charge >= 0.3 is 0 Å². The van der Waals surface area contributed by atoms with Gasteiger partial charge in [0.1, 0.15) is 17.8 Å². The monoisotopic (exact) mass is 395 g/mol. The largest absolute Gasteiger partial charge is 0.367 e. The fraction of sp³-hybridized carbons (Fsp3) is 0.455. The lowest BCUT2D eigenvalue weighted by molar-refractivity contribution is 0.103. The summed E-state index contributed by atoms with van der Waals surface area (Å²) in [6.07, 6.45) is 9.86. The molecule has 29 heavy (non-hydrogen) atoms. The van der Waals surface area contributed by atoms with Gasteiger partial charge in [0.25, 0.3) is 0 Å². The van der Waals surface area contributed by atoms with Crippen LogP contribution >= 0.6 is 0 Å². The number of nitrogens with zero attached hydrogens (tertiary/aromatic N) is 3. The molecule has 1 fully saturated rings. The van der Waals surface area contributed by atoms with Gasteiger partial charge in [-0.3, -0.25) is 4.79 Å². The Hall–Kier alpha value is -2.83. The number of ketones is 1. The SMILES string of the molecule is CC(C)Nc1ncnc2[nH]cc(C(=O)c3ccc(CC4CCCCC4)nc3F)c12. The molecule has 152 valence electrons. The molecule has 7 heteroatoms. The average Bonchev–Trinajstić information content (AvgIpc) is 3.13. The number of anilines is 1. The van der Waals surface area contributed by atoms with Gasteiger partial charge in [-0.05, 0) is 38.3 Å². The minimum atomic E-state index is -0.715. The number of hydrogen-bond acceptors (Lipinski definition) is 5. The van der Waals surface area contributed by atoms with Crippen molar-refractivity contribution < 1.29 is 9.18 Å². The second-order valence-electron chi connectivity index (χ2n) is 8.13. The first-order valence-electron chi connectivity index (χ1n) is 10.3. The molecule has 1 aliphatic carbocycles. The first-order valence-corrected chi connectivity index (χ1v) is 10.3. The molecular formula is C22H26FN5O. The highest BCUT2D eigenvalue weighted by Crippen LogP contribution is 2.28. The van der Waals surface area contributed by atoms with Crippen molar-refractivity contribution in [1.29, 1.82) is 0 Å². The molecule has 3 aromatic heterocycles. The number of hydrogen-bond donors (Lipinski definition) is 2. The summed E-state index contributed by atoms with van der Waals surface area (Å²) in [5, 5.41) is 3.78. The van der Waals surface area contributed by atoms with Crippen molar-refractivity contribution in [2.45, 2.75) is 58.4 Å². The van der Waals surface area contributed by atoms with E-state index in [-0.39, 0.29) is 11.6 Å². The summed E-state index contributed by atoms with van der Waals surface area (Å²) in [5.74, 6) is -0.0236. The molecule has 0 bridgehead atoms. The van der Waals surface area contributed by atoms with E-state index in [4.69, 9.17) is 0 Å². The van der Waals surface area contributed by atoms with Crippen LogP contribution in [0.1, 0.15) is 67.6 Å². The summed E-state index contributed by atoms with van der Waals surface area (Å²) in [7, 11) is 0. The maximum atomic E-state index is 14.8. The fourth-order valence-corrected chi connectivity index (χ4v) is 4.11.